The first-order valence-electron chi connectivity index (χ1n) is 11.6. The molecule has 0 bridgehead atoms. The van der Waals surface area contributed by atoms with Crippen molar-refractivity contribution in [2.75, 3.05) is 10.2 Å². The lowest BCUT2D eigenvalue weighted by Crippen LogP contribution is -2.30. The molecule has 1 aliphatic heterocycles. The summed E-state index contributed by atoms with van der Waals surface area (Å²) in [6.07, 6.45) is -0.209. The number of nitrogens with zero attached hydrogens (tertiary/aromatic N) is 1. The highest BCUT2D eigenvalue weighted by Crippen LogP contribution is 2.30. The van der Waals surface area contributed by atoms with E-state index in [-0.39, 0.29) is 28.3 Å². The van der Waals surface area contributed by atoms with Gasteiger partial charge in [0.15, 0.2) is 6.10 Å². The Hall–Kier alpha value is -4.33. The van der Waals surface area contributed by atoms with E-state index in [2.05, 4.69) is 19.2 Å². The maximum atomic E-state index is 13.3. The second-order valence-electron chi connectivity index (χ2n) is 8.62. The van der Waals surface area contributed by atoms with Gasteiger partial charge < -0.3 is 10.1 Å². The number of esters is 1. The molecular formula is C28H25FN2O5. The molecule has 0 spiro atoms. The molecule has 1 heterocycles. The molecule has 3 amide bonds. The third-order valence-electron chi connectivity index (χ3n) is 6.22. The normalized spacial score (nSPS) is 14.3. The summed E-state index contributed by atoms with van der Waals surface area (Å²) in [5.74, 6) is -2.77. The van der Waals surface area contributed by atoms with Crippen LogP contribution in [0.4, 0.5) is 15.8 Å². The average molecular weight is 489 g/mol. The Morgan fingerprint density at radius 1 is 0.944 bits per heavy atom. The first-order valence-corrected chi connectivity index (χ1v) is 11.6. The third kappa shape index (κ3) is 4.75. The Labute approximate surface area is 207 Å². The Kier molecular flexibility index (Phi) is 6.96. The van der Waals surface area contributed by atoms with Crippen molar-refractivity contribution in [2.45, 2.75) is 39.2 Å². The minimum Gasteiger partial charge on any atom is -0.449 e. The Morgan fingerprint density at radius 3 is 2.31 bits per heavy atom. The fraction of sp³-hybridized carbons (Fsp3) is 0.214. The van der Waals surface area contributed by atoms with E-state index in [9.17, 15) is 23.6 Å². The lowest BCUT2D eigenvalue weighted by atomic mass is 9.97. The first kappa shape index (κ1) is 24.8. The summed E-state index contributed by atoms with van der Waals surface area (Å²) in [6.45, 7) is 5.57. The standard InChI is InChI=1S/C28H25FN2O5/c1-4-16(2)21-7-5-6-8-24(21)30-25(32)17(3)36-28(35)18-9-14-22-23(15-18)27(34)31(26(22)33)20-12-10-19(29)11-13-20/h5-17H,4H2,1-3H3,(H,30,32). The number of benzene rings is 3. The summed E-state index contributed by atoms with van der Waals surface area (Å²) >= 11 is 0. The molecule has 7 nitrogen and oxygen atoms in total. The van der Waals surface area contributed by atoms with Gasteiger partial charge in [-0.05, 0) is 73.4 Å². The highest BCUT2D eigenvalue weighted by atomic mass is 19.1. The minimum absolute atomic E-state index is 0.0236. The van der Waals surface area contributed by atoms with Crippen molar-refractivity contribution in [3.8, 4) is 0 Å². The van der Waals surface area contributed by atoms with Crippen molar-refractivity contribution < 1.29 is 28.3 Å². The van der Waals surface area contributed by atoms with E-state index in [4.69, 9.17) is 4.74 Å². The van der Waals surface area contributed by atoms with E-state index in [1.165, 1.54) is 37.3 Å². The predicted octanol–water partition coefficient (Wildman–Crippen LogP) is 5.32. The molecule has 3 aromatic carbocycles. The van der Waals surface area contributed by atoms with E-state index in [0.29, 0.717) is 5.69 Å². The number of amides is 3. The lowest BCUT2D eigenvalue weighted by molar-refractivity contribution is -0.123. The van der Waals surface area contributed by atoms with E-state index < -0.39 is 35.6 Å². The number of halogens is 1. The van der Waals surface area contributed by atoms with Crippen LogP contribution in [0.2, 0.25) is 0 Å². The number of rotatable bonds is 7. The fourth-order valence-corrected chi connectivity index (χ4v) is 3.97. The van der Waals surface area contributed by atoms with E-state index in [1.807, 2.05) is 18.2 Å². The van der Waals surface area contributed by atoms with Gasteiger partial charge in [0, 0.05) is 5.69 Å². The van der Waals surface area contributed by atoms with Gasteiger partial charge >= 0.3 is 5.97 Å². The molecule has 0 aromatic heterocycles. The number of fused-ring (bicyclic) bond motifs is 1. The minimum atomic E-state index is -1.11. The van der Waals surface area contributed by atoms with Crippen LogP contribution in [-0.2, 0) is 9.53 Å². The maximum absolute atomic E-state index is 13.3. The van der Waals surface area contributed by atoms with Crippen LogP contribution in [0.15, 0.2) is 66.7 Å². The molecule has 36 heavy (non-hydrogen) atoms. The second-order valence-corrected chi connectivity index (χ2v) is 8.62. The summed E-state index contributed by atoms with van der Waals surface area (Å²) in [6, 6.07) is 16.4. The fourth-order valence-electron chi connectivity index (χ4n) is 3.97. The van der Waals surface area contributed by atoms with E-state index in [0.717, 1.165) is 29.0 Å². The molecule has 2 unspecified atom stereocenters. The zero-order chi connectivity index (χ0) is 26.0. The van der Waals surface area contributed by atoms with Crippen molar-refractivity contribution >= 4 is 35.1 Å². The predicted molar refractivity (Wildman–Crippen MR) is 133 cm³/mol. The van der Waals surface area contributed by atoms with Crippen molar-refractivity contribution in [1.29, 1.82) is 0 Å². The van der Waals surface area contributed by atoms with Crippen molar-refractivity contribution in [3.63, 3.8) is 0 Å². The van der Waals surface area contributed by atoms with Crippen LogP contribution < -0.4 is 10.2 Å². The van der Waals surface area contributed by atoms with Gasteiger partial charge in [0.05, 0.1) is 22.4 Å². The largest absolute Gasteiger partial charge is 0.449 e. The zero-order valence-corrected chi connectivity index (χ0v) is 20.1. The van der Waals surface area contributed by atoms with Gasteiger partial charge in [0.2, 0.25) is 0 Å². The molecule has 1 aliphatic rings. The van der Waals surface area contributed by atoms with Crippen LogP contribution >= 0.6 is 0 Å². The number of nitrogens with one attached hydrogen (secondary N) is 1. The molecule has 3 aromatic rings. The molecular weight excluding hydrogens is 463 g/mol. The molecule has 8 heteroatoms. The summed E-state index contributed by atoms with van der Waals surface area (Å²) < 4.78 is 18.6. The van der Waals surface area contributed by atoms with Crippen LogP contribution in [0.3, 0.4) is 0 Å². The average Bonchev–Trinajstić information content (AvgIpc) is 3.13. The number of hydrogen-bond acceptors (Lipinski definition) is 5. The SMILES string of the molecule is CCC(C)c1ccccc1NC(=O)C(C)OC(=O)c1ccc2c(c1)C(=O)N(c1ccc(F)cc1)C2=O. The summed E-state index contributed by atoms with van der Waals surface area (Å²) in [5, 5.41) is 2.82. The topological polar surface area (TPSA) is 92.8 Å². The molecule has 4 rings (SSSR count). The monoisotopic (exact) mass is 488 g/mol. The molecule has 1 N–H and O–H groups in total. The Morgan fingerprint density at radius 2 is 1.61 bits per heavy atom. The van der Waals surface area contributed by atoms with Gasteiger partial charge in [-0.1, -0.05) is 32.0 Å². The number of carbonyl (C=O) groups is 4. The first-order chi connectivity index (χ1) is 17.2. The smallest absolute Gasteiger partial charge is 0.338 e. The second kappa shape index (κ2) is 10.1. The molecule has 0 radical (unpaired) electrons. The lowest BCUT2D eigenvalue weighted by Gasteiger charge is -2.18. The van der Waals surface area contributed by atoms with Crippen molar-refractivity contribution in [1.82, 2.24) is 0 Å². The van der Waals surface area contributed by atoms with Gasteiger partial charge in [-0.3, -0.25) is 14.4 Å². The summed E-state index contributed by atoms with van der Waals surface area (Å²) in [5.41, 5.74) is 2.03. The molecule has 0 saturated carbocycles. The summed E-state index contributed by atoms with van der Waals surface area (Å²) in [7, 11) is 0. The molecule has 0 aliphatic carbocycles. The van der Waals surface area contributed by atoms with Crippen molar-refractivity contribution in [2.24, 2.45) is 0 Å². The van der Waals surface area contributed by atoms with Gasteiger partial charge in [0.25, 0.3) is 17.7 Å². The molecule has 184 valence electrons. The Balaban J connectivity index is 1.48. The summed E-state index contributed by atoms with van der Waals surface area (Å²) in [4.78, 5) is 52.1. The number of anilines is 2. The number of carbonyl (C=O) groups excluding carboxylic acids is 4. The van der Waals surface area contributed by atoms with Crippen molar-refractivity contribution in [3.05, 3.63) is 94.8 Å². The quantitative estimate of drug-likeness (QED) is 0.359. The molecule has 0 fully saturated rings. The van der Waals surface area contributed by atoms with Crippen LogP contribution in [0.1, 0.15) is 69.7 Å². The Bertz CT molecular complexity index is 1350. The van der Waals surface area contributed by atoms with Gasteiger partial charge in [0.1, 0.15) is 5.82 Å². The number of imide groups is 1. The number of para-hydroxylation sites is 1. The van der Waals surface area contributed by atoms with E-state index >= 15 is 0 Å². The highest BCUT2D eigenvalue weighted by molar-refractivity contribution is 6.34. The van der Waals surface area contributed by atoms with Gasteiger partial charge in [-0.15, -0.1) is 0 Å². The molecule has 0 saturated heterocycles. The van der Waals surface area contributed by atoms with Gasteiger partial charge in [-0.25, -0.2) is 14.1 Å². The van der Waals surface area contributed by atoms with Gasteiger partial charge in [-0.2, -0.15) is 0 Å². The highest BCUT2D eigenvalue weighted by Gasteiger charge is 2.37. The van der Waals surface area contributed by atoms with Crippen LogP contribution in [0.25, 0.3) is 0 Å². The number of ether oxygens (including phenoxy) is 1. The van der Waals surface area contributed by atoms with Crippen LogP contribution in [0.5, 0.6) is 0 Å². The van der Waals surface area contributed by atoms with E-state index in [1.54, 1.807) is 6.07 Å². The molecule has 2 atom stereocenters. The van der Waals surface area contributed by atoms with Crippen LogP contribution in [-0.4, -0.2) is 29.8 Å². The third-order valence-corrected chi connectivity index (χ3v) is 6.22. The maximum Gasteiger partial charge on any atom is 0.338 e. The van der Waals surface area contributed by atoms with Crippen LogP contribution in [0, 0.1) is 5.82 Å². The zero-order valence-electron chi connectivity index (χ0n) is 20.1. The number of hydrogen-bond donors (Lipinski definition) is 1.